The number of hydrogen-bond donors (Lipinski definition) is 0. The molecule has 0 radical (unpaired) electrons. The first-order valence-corrected chi connectivity index (χ1v) is 11.4. The number of halogens is 1. The van der Waals surface area contributed by atoms with E-state index >= 15 is 0 Å². The van der Waals surface area contributed by atoms with Crippen LogP contribution in [-0.4, -0.2) is 57.5 Å². The third-order valence-corrected chi connectivity index (χ3v) is 7.74. The summed E-state index contributed by atoms with van der Waals surface area (Å²) in [6.07, 6.45) is 7.57. The molecule has 1 heterocycles. The van der Waals surface area contributed by atoms with Gasteiger partial charge in [0, 0.05) is 26.2 Å². The zero-order chi connectivity index (χ0) is 18.6. The van der Waals surface area contributed by atoms with Crippen molar-refractivity contribution >= 4 is 21.6 Å². The highest BCUT2D eigenvalue weighted by molar-refractivity contribution is 7.89. The standard InChI is InChI=1S/C19H29ClN2O3S/c1-25-19-9-8-17(14-18(19)20)26(23,24)22-11-5-10-21(12-13-22)15-16-6-3-2-4-7-16/h8-9,14,16H,2-7,10-13,15H2,1H3. The van der Waals surface area contributed by atoms with Crippen molar-refractivity contribution in [2.75, 3.05) is 39.8 Å². The minimum atomic E-state index is -3.52. The van der Waals surface area contributed by atoms with Crippen LogP contribution in [0.15, 0.2) is 23.1 Å². The lowest BCUT2D eigenvalue weighted by Crippen LogP contribution is -2.36. The maximum Gasteiger partial charge on any atom is 0.243 e. The molecule has 1 saturated heterocycles. The summed E-state index contributed by atoms with van der Waals surface area (Å²) in [6, 6.07) is 4.67. The van der Waals surface area contributed by atoms with Gasteiger partial charge in [-0.25, -0.2) is 8.42 Å². The van der Waals surface area contributed by atoms with Crippen LogP contribution in [-0.2, 0) is 10.0 Å². The lowest BCUT2D eigenvalue weighted by atomic mass is 9.89. The summed E-state index contributed by atoms with van der Waals surface area (Å²) in [5, 5.41) is 0.322. The molecule has 0 atom stereocenters. The van der Waals surface area contributed by atoms with Crippen LogP contribution in [0.4, 0.5) is 0 Å². The van der Waals surface area contributed by atoms with Crippen molar-refractivity contribution in [2.24, 2.45) is 5.92 Å². The van der Waals surface area contributed by atoms with Crippen LogP contribution in [0.2, 0.25) is 5.02 Å². The number of nitrogens with zero attached hydrogens (tertiary/aromatic N) is 2. The van der Waals surface area contributed by atoms with Crippen molar-refractivity contribution in [3.8, 4) is 5.75 Å². The number of rotatable bonds is 5. The predicted molar refractivity (Wildman–Crippen MR) is 104 cm³/mol. The Morgan fingerprint density at radius 1 is 1.08 bits per heavy atom. The van der Waals surface area contributed by atoms with Gasteiger partial charge in [-0.3, -0.25) is 0 Å². The Morgan fingerprint density at radius 3 is 2.54 bits per heavy atom. The van der Waals surface area contributed by atoms with Crippen LogP contribution in [0.3, 0.4) is 0 Å². The van der Waals surface area contributed by atoms with Gasteiger partial charge in [-0.15, -0.1) is 0 Å². The number of ether oxygens (including phenoxy) is 1. The van der Waals surface area contributed by atoms with Crippen LogP contribution >= 0.6 is 11.6 Å². The first-order chi connectivity index (χ1) is 12.5. The lowest BCUT2D eigenvalue weighted by molar-refractivity contribution is 0.208. The molecule has 146 valence electrons. The van der Waals surface area contributed by atoms with E-state index in [9.17, 15) is 8.42 Å². The van der Waals surface area contributed by atoms with Crippen LogP contribution in [0.25, 0.3) is 0 Å². The topological polar surface area (TPSA) is 49.9 Å². The molecular formula is C19H29ClN2O3S. The number of methoxy groups -OCH3 is 1. The van der Waals surface area contributed by atoms with Gasteiger partial charge in [0.05, 0.1) is 17.0 Å². The summed E-state index contributed by atoms with van der Waals surface area (Å²) in [6.45, 7) is 4.00. The number of sulfonamides is 1. The van der Waals surface area contributed by atoms with Gasteiger partial charge < -0.3 is 9.64 Å². The summed E-state index contributed by atoms with van der Waals surface area (Å²) in [4.78, 5) is 2.69. The highest BCUT2D eigenvalue weighted by Crippen LogP contribution is 2.29. The molecule has 0 spiro atoms. The van der Waals surface area contributed by atoms with E-state index in [4.69, 9.17) is 16.3 Å². The third kappa shape index (κ3) is 4.71. The van der Waals surface area contributed by atoms with Crippen LogP contribution in [0, 0.1) is 5.92 Å². The summed E-state index contributed by atoms with van der Waals surface area (Å²) in [5.74, 6) is 1.27. The molecule has 3 rings (SSSR count). The average Bonchev–Trinajstić information content (AvgIpc) is 2.88. The SMILES string of the molecule is COc1ccc(S(=O)(=O)N2CCCN(CC3CCCCC3)CC2)cc1Cl. The zero-order valence-corrected chi connectivity index (χ0v) is 17.1. The zero-order valence-electron chi connectivity index (χ0n) is 15.5. The van der Waals surface area contributed by atoms with E-state index in [-0.39, 0.29) is 4.90 Å². The van der Waals surface area contributed by atoms with Crippen molar-refractivity contribution in [3.05, 3.63) is 23.2 Å². The van der Waals surface area contributed by atoms with E-state index in [1.165, 1.54) is 45.3 Å². The summed E-state index contributed by atoms with van der Waals surface area (Å²) in [5.41, 5.74) is 0. The molecule has 2 fully saturated rings. The summed E-state index contributed by atoms with van der Waals surface area (Å²) >= 11 is 6.12. The molecule has 1 aliphatic carbocycles. The molecule has 0 aromatic heterocycles. The Kier molecular flexibility index (Phi) is 6.83. The van der Waals surface area contributed by atoms with Crippen molar-refractivity contribution < 1.29 is 13.2 Å². The second kappa shape index (κ2) is 8.91. The first kappa shape index (κ1) is 19.9. The molecule has 26 heavy (non-hydrogen) atoms. The fourth-order valence-electron chi connectivity index (χ4n) is 4.06. The highest BCUT2D eigenvalue weighted by Gasteiger charge is 2.28. The maximum absolute atomic E-state index is 13.0. The third-order valence-electron chi connectivity index (χ3n) is 5.55. The fourth-order valence-corrected chi connectivity index (χ4v) is 5.88. The Morgan fingerprint density at radius 2 is 1.85 bits per heavy atom. The van der Waals surface area contributed by atoms with Gasteiger partial charge in [-0.2, -0.15) is 4.31 Å². The Bertz CT molecular complexity index is 705. The van der Waals surface area contributed by atoms with E-state index in [1.54, 1.807) is 16.4 Å². The molecule has 1 saturated carbocycles. The van der Waals surface area contributed by atoms with E-state index in [1.807, 2.05) is 0 Å². The van der Waals surface area contributed by atoms with E-state index < -0.39 is 10.0 Å². The van der Waals surface area contributed by atoms with Gasteiger partial charge in [0.15, 0.2) is 0 Å². The van der Waals surface area contributed by atoms with Gasteiger partial charge in [-0.05, 0) is 49.9 Å². The van der Waals surface area contributed by atoms with Crippen molar-refractivity contribution in [3.63, 3.8) is 0 Å². The summed E-state index contributed by atoms with van der Waals surface area (Å²) in [7, 11) is -2.00. The van der Waals surface area contributed by atoms with E-state index in [0.717, 1.165) is 32.0 Å². The monoisotopic (exact) mass is 400 g/mol. The highest BCUT2D eigenvalue weighted by atomic mass is 35.5. The van der Waals surface area contributed by atoms with Crippen LogP contribution in [0.5, 0.6) is 5.75 Å². The normalized spacial score (nSPS) is 21.5. The maximum atomic E-state index is 13.0. The molecule has 5 nitrogen and oxygen atoms in total. The van der Waals surface area contributed by atoms with Gasteiger partial charge in [-0.1, -0.05) is 30.9 Å². The lowest BCUT2D eigenvalue weighted by Gasteiger charge is -2.28. The van der Waals surface area contributed by atoms with Crippen molar-refractivity contribution in [1.82, 2.24) is 9.21 Å². The Labute approximate surface area is 162 Å². The van der Waals surface area contributed by atoms with Crippen LogP contribution < -0.4 is 4.74 Å². The smallest absolute Gasteiger partial charge is 0.243 e. The second-order valence-corrected chi connectivity index (χ2v) is 9.70. The molecule has 0 amide bonds. The molecule has 1 aromatic rings. The molecule has 0 bridgehead atoms. The molecule has 1 aromatic carbocycles. The number of hydrogen-bond acceptors (Lipinski definition) is 4. The fraction of sp³-hybridized carbons (Fsp3) is 0.684. The van der Waals surface area contributed by atoms with Gasteiger partial charge in [0.2, 0.25) is 10.0 Å². The van der Waals surface area contributed by atoms with E-state index in [2.05, 4.69) is 4.90 Å². The largest absolute Gasteiger partial charge is 0.495 e. The minimum Gasteiger partial charge on any atom is -0.495 e. The minimum absolute atomic E-state index is 0.240. The Hall–Kier alpha value is -0.820. The quantitative estimate of drug-likeness (QED) is 0.757. The van der Waals surface area contributed by atoms with Crippen molar-refractivity contribution in [2.45, 2.75) is 43.4 Å². The molecular weight excluding hydrogens is 372 g/mol. The average molecular weight is 401 g/mol. The predicted octanol–water partition coefficient (Wildman–Crippen LogP) is 3.63. The van der Waals surface area contributed by atoms with Gasteiger partial charge in [0.1, 0.15) is 5.75 Å². The van der Waals surface area contributed by atoms with Gasteiger partial charge >= 0.3 is 0 Å². The van der Waals surface area contributed by atoms with E-state index in [0.29, 0.717) is 23.9 Å². The summed E-state index contributed by atoms with van der Waals surface area (Å²) < 4.78 is 32.7. The second-order valence-electron chi connectivity index (χ2n) is 7.36. The Balaban J connectivity index is 1.64. The molecule has 2 aliphatic rings. The molecule has 0 unspecified atom stereocenters. The number of benzene rings is 1. The van der Waals surface area contributed by atoms with Crippen LogP contribution in [0.1, 0.15) is 38.5 Å². The van der Waals surface area contributed by atoms with Gasteiger partial charge in [0.25, 0.3) is 0 Å². The molecule has 7 heteroatoms. The first-order valence-electron chi connectivity index (χ1n) is 9.57. The van der Waals surface area contributed by atoms with Crippen molar-refractivity contribution in [1.29, 1.82) is 0 Å². The molecule has 0 N–H and O–H groups in total. The molecule has 1 aliphatic heterocycles.